The Bertz CT molecular complexity index is 921. The van der Waals surface area contributed by atoms with Gasteiger partial charge in [-0.1, -0.05) is 29.8 Å². The van der Waals surface area contributed by atoms with Crippen molar-refractivity contribution in [2.75, 3.05) is 10.6 Å². The summed E-state index contributed by atoms with van der Waals surface area (Å²) >= 11 is 0. The summed E-state index contributed by atoms with van der Waals surface area (Å²) in [5.41, 5.74) is 3.89. The molecule has 0 aliphatic heterocycles. The number of hydrogen-bond acceptors (Lipinski definition) is 4. The molecule has 27 heavy (non-hydrogen) atoms. The van der Waals surface area contributed by atoms with Crippen LogP contribution in [0.2, 0.25) is 0 Å². The lowest BCUT2D eigenvalue weighted by Crippen LogP contribution is -2.15. The normalized spacial score (nSPS) is 10.5. The first-order chi connectivity index (χ1) is 13.0. The van der Waals surface area contributed by atoms with Gasteiger partial charge in [0, 0.05) is 17.6 Å². The van der Waals surface area contributed by atoms with Gasteiger partial charge in [0.15, 0.2) is 0 Å². The molecule has 0 saturated carbocycles. The minimum Gasteiger partial charge on any atom is -0.489 e. The highest BCUT2D eigenvalue weighted by Crippen LogP contribution is 2.25. The van der Waals surface area contributed by atoms with Crippen LogP contribution in [0.1, 0.15) is 29.9 Å². The second-order valence-corrected chi connectivity index (χ2v) is 6.54. The van der Waals surface area contributed by atoms with E-state index in [0.717, 1.165) is 11.4 Å². The number of nitrogens with one attached hydrogen (secondary N) is 2. The molecular formula is C22H23N3O2. The van der Waals surface area contributed by atoms with Crippen LogP contribution in [0.5, 0.6) is 5.75 Å². The summed E-state index contributed by atoms with van der Waals surface area (Å²) in [7, 11) is 0. The van der Waals surface area contributed by atoms with Crippen LogP contribution in [0.4, 0.5) is 17.1 Å². The smallest absolute Gasteiger partial charge is 0.274 e. The minimum absolute atomic E-state index is 0.0169. The monoisotopic (exact) mass is 361 g/mol. The Labute approximate surface area is 159 Å². The van der Waals surface area contributed by atoms with Crippen molar-refractivity contribution in [3.05, 3.63) is 78.1 Å². The molecule has 3 rings (SSSR count). The van der Waals surface area contributed by atoms with E-state index in [-0.39, 0.29) is 12.0 Å². The van der Waals surface area contributed by atoms with Crippen LogP contribution in [-0.2, 0) is 0 Å². The van der Waals surface area contributed by atoms with Crippen molar-refractivity contribution in [1.29, 1.82) is 0 Å². The molecule has 5 heteroatoms. The summed E-state index contributed by atoms with van der Waals surface area (Å²) in [6, 6.07) is 19.0. The number of carbonyl (C=O) groups excluding carboxylic acids is 1. The zero-order valence-electron chi connectivity index (χ0n) is 15.7. The number of amides is 1. The van der Waals surface area contributed by atoms with E-state index in [1.54, 1.807) is 12.3 Å². The van der Waals surface area contributed by atoms with E-state index in [1.807, 2.05) is 75.4 Å². The third-order valence-corrected chi connectivity index (χ3v) is 3.83. The number of aromatic nitrogens is 1. The molecule has 5 nitrogen and oxygen atoms in total. The number of pyridine rings is 1. The van der Waals surface area contributed by atoms with Crippen LogP contribution in [0.25, 0.3) is 0 Å². The first-order valence-corrected chi connectivity index (χ1v) is 8.88. The second kappa shape index (κ2) is 8.36. The highest BCUT2D eigenvalue weighted by molar-refractivity contribution is 6.04. The van der Waals surface area contributed by atoms with Gasteiger partial charge in [-0.25, -0.2) is 0 Å². The molecule has 1 aromatic heterocycles. The van der Waals surface area contributed by atoms with Crippen molar-refractivity contribution in [3.63, 3.8) is 0 Å². The molecular weight excluding hydrogens is 338 g/mol. The Hall–Kier alpha value is -3.34. The largest absolute Gasteiger partial charge is 0.489 e. The number of para-hydroxylation sites is 2. The average Bonchev–Trinajstić information content (AvgIpc) is 2.65. The van der Waals surface area contributed by atoms with E-state index in [4.69, 9.17) is 4.74 Å². The number of benzene rings is 2. The summed E-state index contributed by atoms with van der Waals surface area (Å²) in [6.45, 7) is 5.93. The molecule has 0 aliphatic carbocycles. The standard InChI is InChI=1S/C22H23N3O2/c1-15(2)27-21-7-5-4-6-19(21)25-22(26)20-14-18(12-13-23-20)24-17-10-8-16(3)9-11-17/h4-15H,1-3H3,(H,23,24)(H,25,26). The number of hydrogen-bond donors (Lipinski definition) is 2. The molecule has 0 bridgehead atoms. The Balaban J connectivity index is 1.75. The Morgan fingerprint density at radius 2 is 1.74 bits per heavy atom. The van der Waals surface area contributed by atoms with Crippen LogP contribution < -0.4 is 15.4 Å². The molecule has 0 fully saturated rings. The highest BCUT2D eigenvalue weighted by Gasteiger charge is 2.12. The maximum absolute atomic E-state index is 12.6. The third kappa shape index (κ3) is 5.07. The van der Waals surface area contributed by atoms with Gasteiger partial charge < -0.3 is 15.4 Å². The average molecular weight is 361 g/mol. The van der Waals surface area contributed by atoms with Crippen molar-refractivity contribution >= 4 is 23.0 Å². The Morgan fingerprint density at radius 1 is 1.00 bits per heavy atom. The molecule has 0 saturated heterocycles. The zero-order chi connectivity index (χ0) is 19.2. The van der Waals surface area contributed by atoms with E-state index in [1.165, 1.54) is 5.56 Å². The minimum atomic E-state index is -0.289. The summed E-state index contributed by atoms with van der Waals surface area (Å²) < 4.78 is 5.75. The van der Waals surface area contributed by atoms with Gasteiger partial charge in [0.2, 0.25) is 0 Å². The molecule has 1 amide bonds. The van der Waals surface area contributed by atoms with E-state index in [9.17, 15) is 4.79 Å². The van der Waals surface area contributed by atoms with E-state index >= 15 is 0 Å². The van der Waals surface area contributed by atoms with E-state index < -0.39 is 0 Å². The lowest BCUT2D eigenvalue weighted by molar-refractivity contribution is 0.102. The van der Waals surface area contributed by atoms with Gasteiger partial charge in [0.1, 0.15) is 11.4 Å². The topological polar surface area (TPSA) is 63.2 Å². The fraction of sp³-hybridized carbons (Fsp3) is 0.182. The van der Waals surface area contributed by atoms with Crippen molar-refractivity contribution in [1.82, 2.24) is 4.98 Å². The summed E-state index contributed by atoms with van der Waals surface area (Å²) in [4.78, 5) is 16.8. The van der Waals surface area contributed by atoms with Crippen LogP contribution >= 0.6 is 0 Å². The summed E-state index contributed by atoms with van der Waals surface area (Å²) in [5, 5.41) is 6.16. The van der Waals surface area contributed by atoms with Gasteiger partial charge in [-0.05, 0) is 57.2 Å². The highest BCUT2D eigenvalue weighted by atomic mass is 16.5. The van der Waals surface area contributed by atoms with Gasteiger partial charge in [-0.15, -0.1) is 0 Å². The molecule has 0 spiro atoms. The van der Waals surface area contributed by atoms with Gasteiger partial charge in [-0.2, -0.15) is 0 Å². The van der Waals surface area contributed by atoms with Crippen molar-refractivity contribution in [2.45, 2.75) is 26.9 Å². The molecule has 1 heterocycles. The van der Waals surface area contributed by atoms with Gasteiger partial charge in [-0.3, -0.25) is 9.78 Å². The maximum atomic E-state index is 12.6. The second-order valence-electron chi connectivity index (χ2n) is 6.54. The molecule has 0 aliphatic rings. The van der Waals surface area contributed by atoms with Crippen LogP contribution in [0.3, 0.4) is 0 Å². The Kier molecular flexibility index (Phi) is 5.71. The molecule has 3 aromatic rings. The predicted molar refractivity (Wildman–Crippen MR) is 109 cm³/mol. The summed E-state index contributed by atoms with van der Waals surface area (Å²) in [6.07, 6.45) is 1.63. The van der Waals surface area contributed by atoms with Crippen molar-refractivity contribution < 1.29 is 9.53 Å². The number of rotatable bonds is 6. The summed E-state index contributed by atoms with van der Waals surface area (Å²) in [5.74, 6) is 0.345. The fourth-order valence-corrected chi connectivity index (χ4v) is 2.55. The van der Waals surface area contributed by atoms with Crippen LogP contribution in [0.15, 0.2) is 66.9 Å². The van der Waals surface area contributed by atoms with Crippen LogP contribution in [-0.4, -0.2) is 17.0 Å². The van der Waals surface area contributed by atoms with Crippen LogP contribution in [0, 0.1) is 6.92 Å². The predicted octanol–water partition coefficient (Wildman–Crippen LogP) is 5.17. The van der Waals surface area contributed by atoms with Gasteiger partial charge in [0.25, 0.3) is 5.91 Å². The van der Waals surface area contributed by atoms with E-state index in [0.29, 0.717) is 17.1 Å². The lowest BCUT2D eigenvalue weighted by Gasteiger charge is -2.15. The zero-order valence-corrected chi connectivity index (χ0v) is 15.7. The lowest BCUT2D eigenvalue weighted by atomic mass is 10.2. The number of nitrogens with zero attached hydrogens (tertiary/aromatic N) is 1. The molecule has 0 unspecified atom stereocenters. The number of aryl methyl sites for hydroxylation is 1. The number of carbonyl (C=O) groups is 1. The van der Waals surface area contributed by atoms with Crippen molar-refractivity contribution in [3.8, 4) is 5.75 Å². The molecule has 2 aromatic carbocycles. The molecule has 0 radical (unpaired) electrons. The first-order valence-electron chi connectivity index (χ1n) is 8.88. The van der Waals surface area contributed by atoms with Crippen molar-refractivity contribution in [2.24, 2.45) is 0 Å². The molecule has 2 N–H and O–H groups in total. The van der Waals surface area contributed by atoms with Gasteiger partial charge in [0.05, 0.1) is 11.8 Å². The molecule has 138 valence electrons. The van der Waals surface area contributed by atoms with Gasteiger partial charge >= 0.3 is 0 Å². The quantitative estimate of drug-likeness (QED) is 0.635. The number of ether oxygens (including phenoxy) is 1. The Morgan fingerprint density at radius 3 is 2.48 bits per heavy atom. The van der Waals surface area contributed by atoms with E-state index in [2.05, 4.69) is 15.6 Å². The fourth-order valence-electron chi connectivity index (χ4n) is 2.55. The third-order valence-electron chi connectivity index (χ3n) is 3.83. The maximum Gasteiger partial charge on any atom is 0.274 e. The molecule has 0 atom stereocenters. The number of anilines is 3. The SMILES string of the molecule is Cc1ccc(Nc2ccnc(C(=O)Nc3ccccc3OC(C)C)c2)cc1. The first kappa shape index (κ1) is 18.5.